The standard InChI is InChI=1S/C27H38N2O3/c1-18-7-6-10-27(3)15-25-22(14-24(18)27)23(26(30)32-25)17-28-11-12-29(19(2)16-28)20-8-5-9-21(13-20)31-4/h5,8-9,13,19,22-25H,1,6-7,10-12,14-17H2,2-4H3/t19-,22+,23+,24-,25+,27+/m0/s1. The summed E-state index contributed by atoms with van der Waals surface area (Å²) in [4.78, 5) is 17.9. The maximum absolute atomic E-state index is 12.9. The van der Waals surface area contributed by atoms with Crippen LogP contribution in [0.3, 0.4) is 0 Å². The number of piperazine rings is 1. The van der Waals surface area contributed by atoms with Gasteiger partial charge in [-0.15, -0.1) is 0 Å². The van der Waals surface area contributed by atoms with Gasteiger partial charge < -0.3 is 14.4 Å². The molecule has 2 aliphatic carbocycles. The van der Waals surface area contributed by atoms with Crippen molar-refractivity contribution in [1.82, 2.24) is 4.90 Å². The van der Waals surface area contributed by atoms with Crippen LogP contribution in [0.15, 0.2) is 36.4 Å². The zero-order chi connectivity index (χ0) is 22.5. The Kier molecular flexibility index (Phi) is 5.73. The molecule has 0 bridgehead atoms. The number of hydrogen-bond donors (Lipinski definition) is 0. The highest BCUT2D eigenvalue weighted by Crippen LogP contribution is 2.57. The summed E-state index contributed by atoms with van der Waals surface area (Å²) in [6, 6.07) is 8.70. The number of benzene rings is 1. The number of methoxy groups -OCH3 is 1. The molecule has 2 heterocycles. The van der Waals surface area contributed by atoms with Crippen LogP contribution in [-0.2, 0) is 9.53 Å². The smallest absolute Gasteiger partial charge is 0.310 e. The predicted molar refractivity (Wildman–Crippen MR) is 127 cm³/mol. The first-order valence-electron chi connectivity index (χ1n) is 12.4. The Bertz CT molecular complexity index is 885. The number of ether oxygens (including phenoxy) is 2. The minimum Gasteiger partial charge on any atom is -0.497 e. The van der Waals surface area contributed by atoms with Crippen molar-refractivity contribution >= 4 is 11.7 Å². The Balaban J connectivity index is 1.25. The van der Waals surface area contributed by atoms with Gasteiger partial charge >= 0.3 is 5.97 Å². The molecule has 6 atom stereocenters. The molecule has 2 saturated carbocycles. The van der Waals surface area contributed by atoms with Crippen molar-refractivity contribution in [1.29, 1.82) is 0 Å². The average Bonchev–Trinajstić information content (AvgIpc) is 3.06. The summed E-state index contributed by atoms with van der Waals surface area (Å²) in [6.45, 7) is 12.8. The number of carbonyl (C=O) groups excluding carboxylic acids is 1. The third kappa shape index (κ3) is 3.83. The topological polar surface area (TPSA) is 42.0 Å². The summed E-state index contributed by atoms with van der Waals surface area (Å²) in [5.41, 5.74) is 2.89. The van der Waals surface area contributed by atoms with Gasteiger partial charge in [0.1, 0.15) is 11.9 Å². The first-order chi connectivity index (χ1) is 15.4. The van der Waals surface area contributed by atoms with Crippen LogP contribution in [0.5, 0.6) is 5.75 Å². The maximum Gasteiger partial charge on any atom is 0.310 e. The van der Waals surface area contributed by atoms with Gasteiger partial charge in [0.05, 0.1) is 13.0 Å². The molecule has 0 amide bonds. The van der Waals surface area contributed by atoms with E-state index in [2.05, 4.69) is 48.4 Å². The third-order valence-electron chi connectivity index (χ3n) is 8.87. The molecular weight excluding hydrogens is 400 g/mol. The molecular formula is C27H38N2O3. The maximum atomic E-state index is 12.9. The largest absolute Gasteiger partial charge is 0.497 e. The summed E-state index contributed by atoms with van der Waals surface area (Å²) in [6.07, 6.45) is 5.83. The number of anilines is 1. The van der Waals surface area contributed by atoms with E-state index in [1.54, 1.807) is 7.11 Å². The van der Waals surface area contributed by atoms with Crippen molar-refractivity contribution in [2.24, 2.45) is 23.2 Å². The van der Waals surface area contributed by atoms with E-state index < -0.39 is 0 Å². The Morgan fingerprint density at radius 1 is 1.31 bits per heavy atom. The molecule has 5 heteroatoms. The molecule has 1 aromatic rings. The fourth-order valence-electron chi connectivity index (χ4n) is 7.11. The van der Waals surface area contributed by atoms with E-state index in [-0.39, 0.29) is 23.4 Å². The molecule has 5 nitrogen and oxygen atoms in total. The molecule has 0 radical (unpaired) electrons. The van der Waals surface area contributed by atoms with Gasteiger partial charge in [-0.25, -0.2) is 0 Å². The molecule has 4 fully saturated rings. The van der Waals surface area contributed by atoms with Crippen molar-refractivity contribution in [3.63, 3.8) is 0 Å². The predicted octanol–water partition coefficient (Wildman–Crippen LogP) is 4.52. The average molecular weight is 439 g/mol. The van der Waals surface area contributed by atoms with Gasteiger partial charge in [-0.05, 0) is 62.5 Å². The number of esters is 1. The van der Waals surface area contributed by atoms with Gasteiger partial charge in [0.15, 0.2) is 0 Å². The van der Waals surface area contributed by atoms with Gasteiger partial charge in [-0.2, -0.15) is 0 Å². The van der Waals surface area contributed by atoms with E-state index in [0.29, 0.717) is 17.9 Å². The van der Waals surface area contributed by atoms with Crippen LogP contribution >= 0.6 is 0 Å². The van der Waals surface area contributed by atoms with E-state index in [4.69, 9.17) is 9.47 Å². The third-order valence-corrected chi connectivity index (χ3v) is 8.87. The second-order valence-corrected chi connectivity index (χ2v) is 10.9. The minimum absolute atomic E-state index is 0.00912. The number of nitrogens with zero attached hydrogens (tertiary/aromatic N) is 2. The second-order valence-electron chi connectivity index (χ2n) is 10.9. The van der Waals surface area contributed by atoms with Crippen molar-refractivity contribution in [2.75, 3.05) is 38.2 Å². The molecule has 4 aliphatic rings. The second kappa shape index (κ2) is 8.40. The Labute approximate surface area is 192 Å². The summed E-state index contributed by atoms with van der Waals surface area (Å²) >= 11 is 0. The van der Waals surface area contributed by atoms with Gasteiger partial charge in [-0.1, -0.05) is 25.1 Å². The van der Waals surface area contributed by atoms with Crippen molar-refractivity contribution < 1.29 is 14.3 Å². The van der Waals surface area contributed by atoms with E-state index in [1.807, 2.05) is 6.07 Å². The zero-order valence-corrected chi connectivity index (χ0v) is 19.9. The number of carbonyl (C=O) groups is 1. The van der Waals surface area contributed by atoms with Crippen molar-refractivity contribution in [3.8, 4) is 5.75 Å². The van der Waals surface area contributed by atoms with Gasteiger partial charge in [0.25, 0.3) is 0 Å². The minimum atomic E-state index is 0.00912. The monoisotopic (exact) mass is 438 g/mol. The quantitative estimate of drug-likeness (QED) is 0.511. The summed E-state index contributed by atoms with van der Waals surface area (Å²) < 4.78 is 11.4. The molecule has 1 aromatic carbocycles. The first kappa shape index (κ1) is 21.8. The highest BCUT2D eigenvalue weighted by atomic mass is 16.6. The van der Waals surface area contributed by atoms with Gasteiger partial charge in [0, 0.05) is 49.9 Å². The lowest BCUT2D eigenvalue weighted by Gasteiger charge is -2.50. The lowest BCUT2D eigenvalue weighted by atomic mass is 9.55. The number of allylic oxidation sites excluding steroid dienone is 1. The van der Waals surface area contributed by atoms with E-state index in [0.717, 1.165) is 51.2 Å². The van der Waals surface area contributed by atoms with Crippen LogP contribution in [0.2, 0.25) is 0 Å². The zero-order valence-electron chi connectivity index (χ0n) is 19.9. The Morgan fingerprint density at radius 2 is 2.16 bits per heavy atom. The lowest BCUT2D eigenvalue weighted by Crippen LogP contribution is -2.54. The summed E-state index contributed by atoms with van der Waals surface area (Å²) in [5.74, 6) is 1.84. The fraction of sp³-hybridized carbons (Fsp3) is 0.667. The van der Waals surface area contributed by atoms with E-state index in [9.17, 15) is 4.79 Å². The number of fused-ring (bicyclic) bond motifs is 2. The van der Waals surface area contributed by atoms with Crippen LogP contribution < -0.4 is 9.64 Å². The van der Waals surface area contributed by atoms with E-state index in [1.165, 1.54) is 24.1 Å². The van der Waals surface area contributed by atoms with Crippen molar-refractivity contribution in [2.45, 2.75) is 58.1 Å². The molecule has 2 saturated heterocycles. The fourth-order valence-corrected chi connectivity index (χ4v) is 7.11. The highest BCUT2D eigenvalue weighted by molar-refractivity contribution is 5.75. The summed E-state index contributed by atoms with van der Waals surface area (Å²) in [5, 5.41) is 0. The molecule has 0 aromatic heterocycles. The van der Waals surface area contributed by atoms with E-state index >= 15 is 0 Å². The van der Waals surface area contributed by atoms with Crippen LogP contribution in [0.25, 0.3) is 0 Å². The highest BCUT2D eigenvalue weighted by Gasteiger charge is 2.55. The van der Waals surface area contributed by atoms with Crippen LogP contribution in [-0.4, -0.2) is 56.3 Å². The molecule has 32 heavy (non-hydrogen) atoms. The van der Waals surface area contributed by atoms with Gasteiger partial charge in [0.2, 0.25) is 0 Å². The van der Waals surface area contributed by atoms with Crippen LogP contribution in [0.4, 0.5) is 5.69 Å². The lowest BCUT2D eigenvalue weighted by molar-refractivity contribution is -0.146. The summed E-state index contributed by atoms with van der Waals surface area (Å²) in [7, 11) is 1.71. The first-order valence-corrected chi connectivity index (χ1v) is 12.4. The molecule has 2 aliphatic heterocycles. The molecule has 174 valence electrons. The molecule has 0 spiro atoms. The Hall–Kier alpha value is -2.01. The SMILES string of the molecule is C=C1CCC[C@]2(C)C[C@H]3OC(=O)[C@H](CN4CCN(c5cccc(OC)c5)[C@@H](C)C4)[C@H]3C[C@@H]12. The van der Waals surface area contributed by atoms with Crippen molar-refractivity contribution in [3.05, 3.63) is 36.4 Å². The Morgan fingerprint density at radius 3 is 2.94 bits per heavy atom. The number of hydrogen-bond acceptors (Lipinski definition) is 5. The van der Waals surface area contributed by atoms with Crippen LogP contribution in [0, 0.1) is 23.2 Å². The van der Waals surface area contributed by atoms with Crippen LogP contribution in [0.1, 0.15) is 46.0 Å². The molecule has 0 N–H and O–H groups in total. The van der Waals surface area contributed by atoms with Gasteiger partial charge in [-0.3, -0.25) is 9.69 Å². The number of rotatable bonds is 4. The molecule has 5 rings (SSSR count). The molecule has 0 unspecified atom stereocenters. The normalized spacial score (nSPS) is 37.6.